The maximum Gasteiger partial charge on any atom is 0.154 e. The second-order valence-electron chi connectivity index (χ2n) is 4.42. The molecule has 2 heterocycles. The number of nitrogens with one attached hydrogen (secondary N) is 1. The van der Waals surface area contributed by atoms with E-state index >= 15 is 0 Å². The number of rotatable bonds is 4. The fraction of sp³-hybridized carbons (Fsp3) is 0.500. The molecule has 1 saturated heterocycles. The summed E-state index contributed by atoms with van der Waals surface area (Å²) in [6.45, 7) is 1.04. The number of aromatic nitrogens is 1. The van der Waals surface area contributed by atoms with E-state index in [1.54, 1.807) is 12.3 Å². The summed E-state index contributed by atoms with van der Waals surface area (Å²) in [6.07, 6.45) is 3.10. The zero-order chi connectivity index (χ0) is 13.0. The first-order valence-corrected chi connectivity index (χ1v) is 7.61. The van der Waals surface area contributed by atoms with Gasteiger partial charge >= 0.3 is 0 Å². The normalized spacial score (nSPS) is 21.6. The molecule has 0 amide bonds. The molecule has 5 nitrogen and oxygen atoms in total. The number of sulfone groups is 1. The van der Waals surface area contributed by atoms with E-state index in [2.05, 4.69) is 10.3 Å². The number of nitrogens with zero attached hydrogens (tertiary/aromatic N) is 2. The summed E-state index contributed by atoms with van der Waals surface area (Å²) in [4.78, 5) is 3.88. The largest absolute Gasteiger partial charge is 0.311 e. The predicted octanol–water partition coefficient (Wildman–Crippen LogP) is 0.620. The van der Waals surface area contributed by atoms with Crippen molar-refractivity contribution in [2.24, 2.45) is 0 Å². The molecule has 1 aliphatic heterocycles. The lowest BCUT2D eigenvalue weighted by atomic mass is 10.2. The third-order valence-electron chi connectivity index (χ3n) is 3.10. The van der Waals surface area contributed by atoms with Crippen LogP contribution < -0.4 is 5.32 Å². The highest BCUT2D eigenvalue weighted by Crippen LogP contribution is 2.19. The highest BCUT2D eigenvalue weighted by Gasteiger charge is 2.30. The Morgan fingerprint density at radius 3 is 3.06 bits per heavy atom. The van der Waals surface area contributed by atoms with Crippen molar-refractivity contribution in [3.05, 3.63) is 29.6 Å². The summed E-state index contributed by atoms with van der Waals surface area (Å²) in [7, 11) is -2.88. The van der Waals surface area contributed by atoms with Gasteiger partial charge in [-0.1, -0.05) is 0 Å². The van der Waals surface area contributed by atoms with E-state index in [0.717, 1.165) is 18.4 Å². The maximum atomic E-state index is 11.6. The molecule has 1 atom stereocenters. The van der Waals surface area contributed by atoms with Gasteiger partial charge in [-0.2, -0.15) is 5.26 Å². The second-order valence-corrected chi connectivity index (χ2v) is 6.82. The molecule has 0 aromatic carbocycles. The first kappa shape index (κ1) is 13.0. The molecule has 2 rings (SSSR count). The van der Waals surface area contributed by atoms with Crippen LogP contribution in [0, 0.1) is 11.3 Å². The van der Waals surface area contributed by atoms with Crippen molar-refractivity contribution < 1.29 is 8.42 Å². The van der Waals surface area contributed by atoms with Crippen LogP contribution in [0.1, 0.15) is 24.1 Å². The molecule has 1 aromatic rings. The second kappa shape index (κ2) is 5.46. The van der Waals surface area contributed by atoms with Gasteiger partial charge in [0.2, 0.25) is 0 Å². The molecule has 6 heteroatoms. The summed E-state index contributed by atoms with van der Waals surface area (Å²) in [5.74, 6) is 0.313. The minimum Gasteiger partial charge on any atom is -0.311 e. The Balaban J connectivity index is 1.87. The van der Waals surface area contributed by atoms with E-state index in [1.165, 1.54) is 0 Å². The molecule has 0 bridgehead atoms. The van der Waals surface area contributed by atoms with Crippen molar-refractivity contribution in [3.63, 3.8) is 0 Å². The van der Waals surface area contributed by atoms with Crippen molar-refractivity contribution in [3.8, 4) is 6.07 Å². The van der Waals surface area contributed by atoms with Gasteiger partial charge in [0.25, 0.3) is 0 Å². The zero-order valence-corrected chi connectivity index (χ0v) is 10.8. The van der Waals surface area contributed by atoms with Gasteiger partial charge in [0.05, 0.1) is 11.0 Å². The van der Waals surface area contributed by atoms with Crippen LogP contribution in [0.25, 0.3) is 0 Å². The Bertz CT molecular complexity index is 563. The molecule has 0 spiro atoms. The van der Waals surface area contributed by atoms with Gasteiger partial charge in [-0.25, -0.2) is 13.4 Å². The monoisotopic (exact) mass is 265 g/mol. The van der Waals surface area contributed by atoms with E-state index in [-0.39, 0.29) is 5.25 Å². The van der Waals surface area contributed by atoms with Crippen LogP contribution in [0.3, 0.4) is 0 Å². The molecule has 1 unspecified atom stereocenters. The smallest absolute Gasteiger partial charge is 0.154 e. The Morgan fingerprint density at radius 2 is 2.39 bits per heavy atom. The van der Waals surface area contributed by atoms with E-state index in [4.69, 9.17) is 5.26 Å². The molecule has 96 valence electrons. The van der Waals surface area contributed by atoms with Gasteiger partial charge < -0.3 is 5.32 Å². The topological polar surface area (TPSA) is 82.9 Å². The molecular formula is C12H15N3O2S. The van der Waals surface area contributed by atoms with Crippen LogP contribution in [0.2, 0.25) is 0 Å². The van der Waals surface area contributed by atoms with Crippen LogP contribution in [0.15, 0.2) is 18.3 Å². The van der Waals surface area contributed by atoms with E-state index in [1.807, 2.05) is 12.1 Å². The van der Waals surface area contributed by atoms with Crippen molar-refractivity contribution >= 4 is 9.84 Å². The predicted molar refractivity (Wildman–Crippen MR) is 67.5 cm³/mol. The summed E-state index contributed by atoms with van der Waals surface area (Å²) in [5.41, 5.74) is 1.32. The first-order chi connectivity index (χ1) is 8.62. The molecule has 1 aliphatic rings. The molecule has 1 aromatic heterocycles. The van der Waals surface area contributed by atoms with Crippen molar-refractivity contribution in [2.75, 3.05) is 12.3 Å². The minimum atomic E-state index is -2.88. The highest BCUT2D eigenvalue weighted by molar-refractivity contribution is 7.92. The van der Waals surface area contributed by atoms with Gasteiger partial charge in [-0.05, 0) is 30.5 Å². The lowest BCUT2D eigenvalue weighted by molar-refractivity contribution is 0.574. The van der Waals surface area contributed by atoms with Gasteiger partial charge in [0.15, 0.2) is 9.84 Å². The highest BCUT2D eigenvalue weighted by atomic mass is 32.2. The summed E-state index contributed by atoms with van der Waals surface area (Å²) in [6, 6.07) is 5.50. The summed E-state index contributed by atoms with van der Waals surface area (Å²) < 4.78 is 23.2. The quantitative estimate of drug-likeness (QED) is 0.863. The van der Waals surface area contributed by atoms with E-state index < -0.39 is 9.84 Å². The Labute approximate surface area is 107 Å². The zero-order valence-electron chi connectivity index (χ0n) is 9.96. The van der Waals surface area contributed by atoms with E-state index in [0.29, 0.717) is 24.5 Å². The molecule has 1 fully saturated rings. The molecule has 18 heavy (non-hydrogen) atoms. The van der Waals surface area contributed by atoms with Gasteiger partial charge in [0.1, 0.15) is 11.8 Å². The standard InChI is InChI=1S/C12H15N3O2S/c13-7-11-6-10(3-4-15-11)8-14-9-12-2-1-5-18(12,16)17/h3-4,6,12,14H,1-2,5,8-9H2. The molecule has 1 N–H and O–H groups in total. The number of nitriles is 1. The maximum absolute atomic E-state index is 11.6. The van der Waals surface area contributed by atoms with Crippen LogP contribution in [-0.2, 0) is 16.4 Å². The number of pyridine rings is 1. The average molecular weight is 265 g/mol. The van der Waals surface area contributed by atoms with Crippen molar-refractivity contribution in [1.82, 2.24) is 10.3 Å². The van der Waals surface area contributed by atoms with Crippen LogP contribution in [0.5, 0.6) is 0 Å². The third-order valence-corrected chi connectivity index (χ3v) is 5.38. The lowest BCUT2D eigenvalue weighted by Crippen LogP contribution is -2.30. The minimum absolute atomic E-state index is 0.255. The molecule has 0 radical (unpaired) electrons. The summed E-state index contributed by atoms with van der Waals surface area (Å²) >= 11 is 0. The third kappa shape index (κ3) is 3.06. The summed E-state index contributed by atoms with van der Waals surface area (Å²) in [5, 5.41) is 11.6. The average Bonchev–Trinajstić information content (AvgIpc) is 2.69. The number of hydrogen-bond acceptors (Lipinski definition) is 5. The first-order valence-electron chi connectivity index (χ1n) is 5.89. The van der Waals surface area contributed by atoms with Crippen molar-refractivity contribution in [2.45, 2.75) is 24.6 Å². The molecule has 0 aliphatic carbocycles. The van der Waals surface area contributed by atoms with E-state index in [9.17, 15) is 8.42 Å². The van der Waals surface area contributed by atoms with Crippen molar-refractivity contribution in [1.29, 1.82) is 5.26 Å². The van der Waals surface area contributed by atoms with Gasteiger partial charge in [-0.3, -0.25) is 0 Å². The van der Waals surface area contributed by atoms with Crippen LogP contribution in [-0.4, -0.2) is 30.9 Å². The Morgan fingerprint density at radius 1 is 1.56 bits per heavy atom. The number of hydrogen-bond donors (Lipinski definition) is 1. The fourth-order valence-corrected chi connectivity index (χ4v) is 3.91. The van der Waals surface area contributed by atoms with Gasteiger partial charge in [-0.15, -0.1) is 0 Å². The SMILES string of the molecule is N#Cc1cc(CNCC2CCCS2(=O)=O)ccn1. The van der Waals surface area contributed by atoms with Gasteiger partial charge in [0, 0.05) is 19.3 Å². The van der Waals surface area contributed by atoms with Crippen LogP contribution in [0.4, 0.5) is 0 Å². The Hall–Kier alpha value is -1.45. The van der Waals surface area contributed by atoms with Crippen LogP contribution >= 0.6 is 0 Å². The molecule has 0 saturated carbocycles. The Kier molecular flexibility index (Phi) is 3.94. The fourth-order valence-electron chi connectivity index (χ4n) is 2.11. The molecular weight excluding hydrogens is 250 g/mol. The lowest BCUT2D eigenvalue weighted by Gasteiger charge is -2.10.